The quantitative estimate of drug-likeness (QED) is 0.877. The third kappa shape index (κ3) is 3.23. The van der Waals surface area contributed by atoms with Gasteiger partial charge >= 0.3 is 0 Å². The Balaban J connectivity index is 2.39. The molecular weight excluding hydrogens is 289 g/mol. The molecule has 0 bridgehead atoms. The van der Waals surface area contributed by atoms with Gasteiger partial charge in [0.1, 0.15) is 24.0 Å². The molecular formula is C15H16FN3O3. The van der Waals surface area contributed by atoms with Crippen molar-refractivity contribution in [1.82, 2.24) is 5.43 Å². The first-order valence-electron chi connectivity index (χ1n) is 6.84. The largest absolute Gasteiger partial charge is 0.489 e. The fourth-order valence-electron chi connectivity index (χ4n) is 2.17. The first-order chi connectivity index (χ1) is 10.4. The summed E-state index contributed by atoms with van der Waals surface area (Å²) in [6.45, 7) is 3.25. The molecule has 2 unspecified atom stereocenters. The van der Waals surface area contributed by atoms with Crippen molar-refractivity contribution < 1.29 is 19.0 Å². The predicted molar refractivity (Wildman–Crippen MR) is 76.8 cm³/mol. The number of nitriles is 1. The standard InChI is InChI=1S/C15H16FN3O3/c1-8-5-13(21)18-19-15(8)10-3-4-12(22-7-9(2)20)11(6-17)14(10)16/h3-4,8-9,20H,5,7H2,1-2H3,(H,18,21). The second-order valence-corrected chi connectivity index (χ2v) is 5.21. The number of ether oxygens (including phenoxy) is 1. The summed E-state index contributed by atoms with van der Waals surface area (Å²) in [5, 5.41) is 22.2. The summed E-state index contributed by atoms with van der Waals surface area (Å²) in [7, 11) is 0. The summed E-state index contributed by atoms with van der Waals surface area (Å²) in [6.07, 6.45) is -0.521. The van der Waals surface area contributed by atoms with Crippen LogP contribution in [0.3, 0.4) is 0 Å². The fraction of sp³-hybridized carbons (Fsp3) is 0.400. The maximum atomic E-state index is 14.6. The molecule has 1 heterocycles. The molecule has 0 fully saturated rings. The van der Waals surface area contributed by atoms with E-state index in [4.69, 9.17) is 10.00 Å². The fourth-order valence-corrected chi connectivity index (χ4v) is 2.17. The second-order valence-electron chi connectivity index (χ2n) is 5.21. The van der Waals surface area contributed by atoms with Gasteiger partial charge in [0.2, 0.25) is 5.91 Å². The summed E-state index contributed by atoms with van der Waals surface area (Å²) in [5.74, 6) is -1.15. The van der Waals surface area contributed by atoms with Gasteiger partial charge in [-0.15, -0.1) is 0 Å². The minimum absolute atomic E-state index is 0.0408. The summed E-state index contributed by atoms with van der Waals surface area (Å²) in [6, 6.07) is 4.69. The summed E-state index contributed by atoms with van der Waals surface area (Å²) >= 11 is 0. The maximum absolute atomic E-state index is 14.6. The van der Waals surface area contributed by atoms with Gasteiger partial charge in [0.15, 0.2) is 5.82 Å². The molecule has 0 aromatic heterocycles. The second kappa shape index (κ2) is 6.54. The number of hydrogen-bond acceptors (Lipinski definition) is 5. The number of amides is 1. The van der Waals surface area contributed by atoms with E-state index in [0.717, 1.165) is 0 Å². The zero-order valence-electron chi connectivity index (χ0n) is 12.3. The molecule has 22 heavy (non-hydrogen) atoms. The smallest absolute Gasteiger partial charge is 0.240 e. The van der Waals surface area contributed by atoms with Gasteiger partial charge < -0.3 is 9.84 Å². The van der Waals surface area contributed by atoms with Crippen LogP contribution >= 0.6 is 0 Å². The zero-order valence-corrected chi connectivity index (χ0v) is 12.3. The Morgan fingerprint density at radius 3 is 2.95 bits per heavy atom. The number of benzene rings is 1. The molecule has 7 heteroatoms. The van der Waals surface area contributed by atoms with Gasteiger partial charge in [0.05, 0.1) is 11.8 Å². The molecule has 2 atom stereocenters. The van der Waals surface area contributed by atoms with E-state index in [1.165, 1.54) is 19.1 Å². The zero-order chi connectivity index (χ0) is 16.3. The number of aliphatic hydroxyl groups excluding tert-OH is 1. The highest BCUT2D eigenvalue weighted by Gasteiger charge is 2.26. The van der Waals surface area contributed by atoms with E-state index in [9.17, 15) is 14.3 Å². The van der Waals surface area contributed by atoms with Crippen LogP contribution in [0.25, 0.3) is 0 Å². The van der Waals surface area contributed by atoms with E-state index in [1.54, 1.807) is 13.0 Å². The molecule has 0 spiro atoms. The number of hydrogen-bond donors (Lipinski definition) is 2. The van der Waals surface area contributed by atoms with Gasteiger partial charge in [0.25, 0.3) is 0 Å². The van der Waals surface area contributed by atoms with Gasteiger partial charge in [0, 0.05) is 17.9 Å². The summed E-state index contributed by atoms with van der Waals surface area (Å²) in [4.78, 5) is 11.3. The molecule has 0 aliphatic carbocycles. The van der Waals surface area contributed by atoms with Crippen molar-refractivity contribution in [3.63, 3.8) is 0 Å². The molecule has 1 aromatic carbocycles. The van der Waals surface area contributed by atoms with Crippen molar-refractivity contribution >= 4 is 11.6 Å². The third-order valence-electron chi connectivity index (χ3n) is 3.23. The molecule has 2 N–H and O–H groups in total. The number of rotatable bonds is 4. The van der Waals surface area contributed by atoms with E-state index in [1.807, 2.05) is 0 Å². The molecule has 1 aliphatic heterocycles. The number of carbonyl (C=O) groups is 1. The average molecular weight is 305 g/mol. The van der Waals surface area contributed by atoms with E-state index in [-0.39, 0.29) is 41.7 Å². The van der Waals surface area contributed by atoms with Crippen molar-refractivity contribution in [3.05, 3.63) is 29.1 Å². The highest BCUT2D eigenvalue weighted by Crippen LogP contribution is 2.27. The number of nitrogens with one attached hydrogen (secondary N) is 1. The minimum Gasteiger partial charge on any atom is -0.489 e. The predicted octanol–water partition coefficient (Wildman–Crippen LogP) is 1.32. The van der Waals surface area contributed by atoms with Crippen LogP contribution < -0.4 is 10.2 Å². The lowest BCUT2D eigenvalue weighted by Gasteiger charge is -2.20. The molecule has 1 aromatic rings. The number of halogens is 1. The van der Waals surface area contributed by atoms with Crippen LogP contribution in [0.4, 0.5) is 4.39 Å². The van der Waals surface area contributed by atoms with Gasteiger partial charge in [-0.05, 0) is 19.1 Å². The Morgan fingerprint density at radius 1 is 1.64 bits per heavy atom. The van der Waals surface area contributed by atoms with Gasteiger partial charge in [-0.1, -0.05) is 6.92 Å². The van der Waals surface area contributed by atoms with Crippen molar-refractivity contribution in [3.8, 4) is 11.8 Å². The van der Waals surface area contributed by atoms with Crippen molar-refractivity contribution in [2.24, 2.45) is 11.0 Å². The van der Waals surface area contributed by atoms with E-state index in [0.29, 0.717) is 5.71 Å². The van der Waals surface area contributed by atoms with Crippen LogP contribution in [0.1, 0.15) is 31.4 Å². The first-order valence-corrected chi connectivity index (χ1v) is 6.84. The molecule has 6 nitrogen and oxygen atoms in total. The van der Waals surface area contributed by atoms with Crippen molar-refractivity contribution in [2.75, 3.05) is 6.61 Å². The van der Waals surface area contributed by atoms with Crippen LogP contribution in [0, 0.1) is 23.1 Å². The van der Waals surface area contributed by atoms with Crippen LogP contribution in [-0.4, -0.2) is 29.4 Å². The topological polar surface area (TPSA) is 94.7 Å². The Bertz CT molecular complexity index is 665. The molecule has 0 radical (unpaired) electrons. The molecule has 1 amide bonds. The number of aliphatic hydroxyl groups is 1. The lowest BCUT2D eigenvalue weighted by Crippen LogP contribution is -2.32. The van der Waals surface area contributed by atoms with Crippen LogP contribution in [0.15, 0.2) is 17.2 Å². The van der Waals surface area contributed by atoms with Crippen LogP contribution in [0.2, 0.25) is 0 Å². The summed E-state index contributed by atoms with van der Waals surface area (Å²) < 4.78 is 19.8. The Morgan fingerprint density at radius 2 is 2.36 bits per heavy atom. The number of carbonyl (C=O) groups excluding carboxylic acids is 1. The van der Waals surface area contributed by atoms with Crippen molar-refractivity contribution in [1.29, 1.82) is 5.26 Å². The van der Waals surface area contributed by atoms with Crippen LogP contribution in [0.5, 0.6) is 5.75 Å². The monoisotopic (exact) mass is 305 g/mol. The highest BCUT2D eigenvalue weighted by molar-refractivity contribution is 6.06. The molecule has 2 rings (SSSR count). The third-order valence-corrected chi connectivity index (χ3v) is 3.23. The highest BCUT2D eigenvalue weighted by atomic mass is 19.1. The number of nitrogens with zero attached hydrogens (tertiary/aromatic N) is 2. The average Bonchev–Trinajstić information content (AvgIpc) is 2.46. The van der Waals surface area contributed by atoms with Crippen LogP contribution in [-0.2, 0) is 4.79 Å². The lowest BCUT2D eigenvalue weighted by atomic mass is 9.92. The lowest BCUT2D eigenvalue weighted by molar-refractivity contribution is -0.121. The SMILES string of the molecule is CC(O)COc1ccc(C2=NNC(=O)CC2C)c(F)c1C#N. The van der Waals surface area contributed by atoms with E-state index in [2.05, 4.69) is 10.5 Å². The minimum atomic E-state index is -0.743. The normalized spacial score (nSPS) is 19.0. The van der Waals surface area contributed by atoms with Gasteiger partial charge in [-0.25, -0.2) is 9.82 Å². The van der Waals surface area contributed by atoms with Gasteiger partial charge in [-0.3, -0.25) is 4.79 Å². The number of hydrazone groups is 1. The molecule has 1 aliphatic rings. The molecule has 0 saturated heterocycles. The Labute approximate surface area is 127 Å². The van der Waals surface area contributed by atoms with E-state index < -0.39 is 11.9 Å². The maximum Gasteiger partial charge on any atom is 0.240 e. The van der Waals surface area contributed by atoms with Gasteiger partial charge in [-0.2, -0.15) is 10.4 Å². The Hall–Kier alpha value is -2.46. The van der Waals surface area contributed by atoms with E-state index >= 15 is 0 Å². The first kappa shape index (κ1) is 15.9. The Kier molecular flexibility index (Phi) is 4.73. The molecule has 116 valence electrons. The molecule has 0 saturated carbocycles. The van der Waals surface area contributed by atoms with Crippen molar-refractivity contribution in [2.45, 2.75) is 26.4 Å². The summed E-state index contributed by atoms with van der Waals surface area (Å²) in [5.41, 5.74) is 2.62.